The molecule has 0 unspecified atom stereocenters. The number of rotatable bonds is 6. The van der Waals surface area contributed by atoms with Crippen LogP contribution in [0.1, 0.15) is 36.5 Å². The molecule has 0 atom stereocenters. The van der Waals surface area contributed by atoms with Gasteiger partial charge in [-0.15, -0.1) is 0 Å². The molecule has 1 aromatic rings. The molecule has 116 valence electrons. The average Bonchev–Trinajstić information content (AvgIpc) is 2.52. The molecule has 0 bridgehead atoms. The Balaban J connectivity index is 1.80. The van der Waals surface area contributed by atoms with Crippen molar-refractivity contribution >= 4 is 21.7 Å². The van der Waals surface area contributed by atoms with E-state index in [4.69, 9.17) is 0 Å². The first-order chi connectivity index (χ1) is 10.1. The van der Waals surface area contributed by atoms with Gasteiger partial charge in [-0.25, -0.2) is 0 Å². The van der Waals surface area contributed by atoms with Gasteiger partial charge in [0.1, 0.15) is 0 Å². The Morgan fingerprint density at radius 3 is 2.62 bits per heavy atom. The van der Waals surface area contributed by atoms with Crippen molar-refractivity contribution in [1.82, 2.24) is 9.80 Å². The van der Waals surface area contributed by atoms with Crippen LogP contribution in [-0.2, 0) is 0 Å². The number of halogens is 1. The molecule has 1 aliphatic rings. The molecule has 1 aromatic carbocycles. The van der Waals surface area contributed by atoms with Crippen molar-refractivity contribution in [2.24, 2.45) is 0 Å². The number of Topliss-reactive ketones (excluding diaryl/α,β-unsaturated/α-hetero) is 1. The van der Waals surface area contributed by atoms with E-state index in [1.807, 2.05) is 24.3 Å². The van der Waals surface area contributed by atoms with Crippen molar-refractivity contribution < 1.29 is 4.79 Å². The van der Waals surface area contributed by atoms with Crippen molar-refractivity contribution in [1.29, 1.82) is 0 Å². The molecular formula is C17H25BrN2O. The summed E-state index contributed by atoms with van der Waals surface area (Å²) in [7, 11) is 2.15. The zero-order valence-electron chi connectivity index (χ0n) is 13.0. The summed E-state index contributed by atoms with van der Waals surface area (Å²) in [6, 6.07) is 8.31. The van der Waals surface area contributed by atoms with Crippen molar-refractivity contribution in [3.63, 3.8) is 0 Å². The standard InChI is InChI=1S/C17H25BrN2O/c1-3-20-12-8-14(9-13-20)19(2)11-10-17(21)15-6-4-5-7-16(15)18/h4-7,14H,3,8-13H2,1-2H3. The number of benzene rings is 1. The minimum absolute atomic E-state index is 0.223. The zero-order chi connectivity index (χ0) is 15.2. The highest BCUT2D eigenvalue weighted by atomic mass is 79.9. The molecule has 1 heterocycles. The Labute approximate surface area is 136 Å². The van der Waals surface area contributed by atoms with E-state index in [2.05, 4.69) is 39.7 Å². The summed E-state index contributed by atoms with van der Waals surface area (Å²) in [5.74, 6) is 0.223. The van der Waals surface area contributed by atoms with Gasteiger partial charge in [-0.2, -0.15) is 0 Å². The van der Waals surface area contributed by atoms with E-state index in [-0.39, 0.29) is 5.78 Å². The monoisotopic (exact) mass is 352 g/mol. The highest BCUT2D eigenvalue weighted by molar-refractivity contribution is 9.10. The predicted molar refractivity (Wildman–Crippen MR) is 90.9 cm³/mol. The summed E-state index contributed by atoms with van der Waals surface area (Å²) in [5, 5.41) is 0. The van der Waals surface area contributed by atoms with E-state index in [9.17, 15) is 4.79 Å². The predicted octanol–water partition coefficient (Wildman–Crippen LogP) is 3.44. The van der Waals surface area contributed by atoms with Crippen LogP contribution in [0.2, 0.25) is 0 Å². The van der Waals surface area contributed by atoms with Crippen LogP contribution >= 0.6 is 15.9 Å². The second-order valence-corrected chi connectivity index (χ2v) is 6.65. The number of hydrogen-bond donors (Lipinski definition) is 0. The smallest absolute Gasteiger partial charge is 0.165 e. The van der Waals surface area contributed by atoms with Gasteiger partial charge >= 0.3 is 0 Å². The van der Waals surface area contributed by atoms with Crippen molar-refractivity contribution in [2.45, 2.75) is 32.2 Å². The third-order valence-electron chi connectivity index (χ3n) is 4.49. The van der Waals surface area contributed by atoms with E-state index in [0.29, 0.717) is 12.5 Å². The Kier molecular flexibility index (Phi) is 6.40. The molecule has 1 aliphatic heterocycles. The summed E-state index contributed by atoms with van der Waals surface area (Å²) in [4.78, 5) is 17.1. The second-order valence-electron chi connectivity index (χ2n) is 5.80. The first-order valence-electron chi connectivity index (χ1n) is 7.82. The summed E-state index contributed by atoms with van der Waals surface area (Å²) >= 11 is 3.46. The lowest BCUT2D eigenvalue weighted by atomic mass is 10.0. The maximum Gasteiger partial charge on any atom is 0.165 e. The van der Waals surface area contributed by atoms with Crippen LogP contribution in [0.5, 0.6) is 0 Å². The average molecular weight is 353 g/mol. The topological polar surface area (TPSA) is 23.6 Å². The molecule has 0 saturated carbocycles. The van der Waals surface area contributed by atoms with E-state index in [1.54, 1.807) is 0 Å². The van der Waals surface area contributed by atoms with Crippen LogP contribution in [0.25, 0.3) is 0 Å². The number of ketones is 1. The molecule has 1 fully saturated rings. The largest absolute Gasteiger partial charge is 0.303 e. The fraction of sp³-hybridized carbons (Fsp3) is 0.588. The zero-order valence-corrected chi connectivity index (χ0v) is 14.6. The molecule has 21 heavy (non-hydrogen) atoms. The van der Waals surface area contributed by atoms with Crippen molar-refractivity contribution in [3.05, 3.63) is 34.3 Å². The highest BCUT2D eigenvalue weighted by Gasteiger charge is 2.22. The molecule has 2 rings (SSSR count). The number of carbonyl (C=O) groups is 1. The molecule has 1 saturated heterocycles. The number of hydrogen-bond acceptors (Lipinski definition) is 3. The molecular weight excluding hydrogens is 328 g/mol. The molecule has 0 aromatic heterocycles. The van der Waals surface area contributed by atoms with Crippen LogP contribution in [0.15, 0.2) is 28.7 Å². The molecule has 0 radical (unpaired) electrons. The molecule has 0 aliphatic carbocycles. The third-order valence-corrected chi connectivity index (χ3v) is 5.18. The fourth-order valence-corrected chi connectivity index (χ4v) is 3.46. The maximum absolute atomic E-state index is 12.3. The maximum atomic E-state index is 12.3. The molecule has 3 nitrogen and oxygen atoms in total. The second kappa shape index (κ2) is 8.06. The van der Waals surface area contributed by atoms with Gasteiger partial charge in [0, 0.05) is 29.0 Å². The summed E-state index contributed by atoms with van der Waals surface area (Å²) in [6.07, 6.45) is 3.02. The minimum atomic E-state index is 0.223. The molecule has 4 heteroatoms. The van der Waals surface area contributed by atoms with Gasteiger partial charge in [-0.1, -0.05) is 41.1 Å². The Hall–Kier alpha value is -0.710. The van der Waals surface area contributed by atoms with Crippen LogP contribution < -0.4 is 0 Å². The van der Waals surface area contributed by atoms with Gasteiger partial charge in [-0.05, 0) is 45.6 Å². The van der Waals surface area contributed by atoms with E-state index < -0.39 is 0 Å². The van der Waals surface area contributed by atoms with Crippen molar-refractivity contribution in [2.75, 3.05) is 33.2 Å². The van der Waals surface area contributed by atoms with Crippen molar-refractivity contribution in [3.8, 4) is 0 Å². The van der Waals surface area contributed by atoms with Crippen LogP contribution in [0.4, 0.5) is 0 Å². The van der Waals surface area contributed by atoms with Gasteiger partial charge in [0.2, 0.25) is 0 Å². The van der Waals surface area contributed by atoms with Gasteiger partial charge in [0.25, 0.3) is 0 Å². The molecule has 0 amide bonds. The highest BCUT2D eigenvalue weighted by Crippen LogP contribution is 2.19. The van der Waals surface area contributed by atoms with E-state index >= 15 is 0 Å². The Morgan fingerprint density at radius 2 is 2.00 bits per heavy atom. The lowest BCUT2D eigenvalue weighted by Gasteiger charge is -2.36. The quantitative estimate of drug-likeness (QED) is 0.732. The first kappa shape index (κ1) is 16.7. The fourth-order valence-electron chi connectivity index (χ4n) is 2.96. The minimum Gasteiger partial charge on any atom is -0.303 e. The summed E-state index contributed by atoms with van der Waals surface area (Å²) in [6.45, 7) is 6.59. The first-order valence-corrected chi connectivity index (χ1v) is 8.61. The van der Waals surface area contributed by atoms with Crippen LogP contribution in [0, 0.1) is 0 Å². The van der Waals surface area contributed by atoms with E-state index in [1.165, 1.54) is 25.9 Å². The van der Waals surface area contributed by atoms with E-state index in [0.717, 1.165) is 23.1 Å². The lowest BCUT2D eigenvalue weighted by molar-refractivity contribution is 0.0931. The number of piperidine rings is 1. The number of carbonyl (C=O) groups excluding carboxylic acids is 1. The molecule has 0 spiro atoms. The van der Waals surface area contributed by atoms with Crippen LogP contribution in [0.3, 0.4) is 0 Å². The van der Waals surface area contributed by atoms with Crippen LogP contribution in [-0.4, -0.2) is 54.9 Å². The summed E-state index contributed by atoms with van der Waals surface area (Å²) < 4.78 is 0.897. The van der Waals surface area contributed by atoms with Gasteiger partial charge < -0.3 is 9.80 Å². The number of nitrogens with zero attached hydrogens (tertiary/aromatic N) is 2. The normalized spacial score (nSPS) is 17.3. The third kappa shape index (κ3) is 4.63. The van der Waals surface area contributed by atoms with Gasteiger partial charge in [0.05, 0.1) is 0 Å². The SMILES string of the molecule is CCN1CCC(N(C)CCC(=O)c2ccccc2Br)CC1. The van der Waals surface area contributed by atoms with Gasteiger partial charge in [-0.3, -0.25) is 4.79 Å². The summed E-state index contributed by atoms with van der Waals surface area (Å²) in [5.41, 5.74) is 0.798. The Morgan fingerprint density at radius 1 is 1.33 bits per heavy atom. The lowest BCUT2D eigenvalue weighted by Crippen LogP contribution is -2.43. The Bertz CT molecular complexity index is 470. The van der Waals surface area contributed by atoms with Gasteiger partial charge in [0.15, 0.2) is 5.78 Å². The number of likely N-dealkylation sites (tertiary alicyclic amines) is 1. The molecule has 0 N–H and O–H groups in total.